The molecule has 3 nitrogen and oxygen atoms in total. The Hall–Kier alpha value is -0.840. The average molecular weight is 313 g/mol. The Morgan fingerprint density at radius 2 is 2.28 bits per heavy atom. The van der Waals surface area contributed by atoms with Crippen LogP contribution in [0.3, 0.4) is 0 Å². The zero-order valence-corrected chi connectivity index (χ0v) is 12.5. The number of benzene rings is 1. The first-order chi connectivity index (χ1) is 8.72. The van der Waals surface area contributed by atoms with Gasteiger partial charge in [-0.25, -0.2) is 0 Å². The lowest BCUT2D eigenvalue weighted by Crippen LogP contribution is -2.29. The summed E-state index contributed by atoms with van der Waals surface area (Å²) in [7, 11) is 1.67. The molecule has 0 fully saturated rings. The molecule has 1 aromatic rings. The maximum Gasteiger partial charge on any atom is 0.119 e. The van der Waals surface area contributed by atoms with Crippen LogP contribution in [0.15, 0.2) is 34.8 Å². The third-order valence-corrected chi connectivity index (χ3v) is 3.47. The highest BCUT2D eigenvalue weighted by Crippen LogP contribution is 2.27. The highest BCUT2D eigenvalue weighted by Gasteiger charge is 2.13. The third kappa shape index (κ3) is 4.44. The Bertz CT molecular complexity index is 393. The molecule has 0 amide bonds. The molecule has 1 rings (SSSR count). The fourth-order valence-corrected chi connectivity index (χ4v) is 2.27. The van der Waals surface area contributed by atoms with Crippen LogP contribution < -0.4 is 15.8 Å². The van der Waals surface area contributed by atoms with Crippen molar-refractivity contribution in [2.24, 2.45) is 5.73 Å². The van der Waals surface area contributed by atoms with Crippen LogP contribution in [0, 0.1) is 0 Å². The molecular weight excluding hydrogens is 292 g/mol. The second-order valence-corrected chi connectivity index (χ2v) is 4.84. The summed E-state index contributed by atoms with van der Waals surface area (Å²) >= 11 is 3.56. The summed E-state index contributed by atoms with van der Waals surface area (Å²) in [5.74, 6) is 0.849. The van der Waals surface area contributed by atoms with E-state index in [1.807, 2.05) is 25.1 Å². The predicted octanol–water partition coefficient (Wildman–Crippen LogP) is 3.01. The number of hydrogen-bond donors (Lipinski definition) is 2. The SMILES string of the molecule is C/C=C/CCNC(CN)c1cc(OC)ccc1Br. The molecule has 0 radical (unpaired) electrons. The Morgan fingerprint density at radius 1 is 1.50 bits per heavy atom. The highest BCUT2D eigenvalue weighted by molar-refractivity contribution is 9.10. The van der Waals surface area contributed by atoms with Crippen LogP contribution in [0.5, 0.6) is 5.75 Å². The van der Waals surface area contributed by atoms with Gasteiger partial charge in [0.15, 0.2) is 0 Å². The van der Waals surface area contributed by atoms with E-state index in [-0.39, 0.29) is 6.04 Å². The lowest BCUT2D eigenvalue weighted by atomic mass is 10.1. The minimum Gasteiger partial charge on any atom is -0.497 e. The highest BCUT2D eigenvalue weighted by atomic mass is 79.9. The molecule has 0 aliphatic carbocycles. The van der Waals surface area contributed by atoms with Crippen LogP contribution in [0.2, 0.25) is 0 Å². The number of methoxy groups -OCH3 is 1. The van der Waals surface area contributed by atoms with Crippen molar-refractivity contribution in [2.75, 3.05) is 20.2 Å². The number of halogens is 1. The number of rotatable bonds is 7. The monoisotopic (exact) mass is 312 g/mol. The number of ether oxygens (including phenoxy) is 1. The Morgan fingerprint density at radius 3 is 2.89 bits per heavy atom. The minimum atomic E-state index is 0.139. The van der Waals surface area contributed by atoms with Gasteiger partial charge in [0.05, 0.1) is 7.11 Å². The molecule has 100 valence electrons. The normalized spacial score (nSPS) is 12.9. The molecule has 0 aromatic heterocycles. The van der Waals surface area contributed by atoms with Crippen molar-refractivity contribution in [3.8, 4) is 5.75 Å². The summed E-state index contributed by atoms with van der Waals surface area (Å²) in [6.07, 6.45) is 5.20. The molecule has 0 bridgehead atoms. The lowest BCUT2D eigenvalue weighted by Gasteiger charge is -2.19. The van der Waals surface area contributed by atoms with Gasteiger partial charge in [-0.2, -0.15) is 0 Å². The van der Waals surface area contributed by atoms with Gasteiger partial charge in [0, 0.05) is 17.1 Å². The van der Waals surface area contributed by atoms with Crippen molar-refractivity contribution < 1.29 is 4.74 Å². The number of allylic oxidation sites excluding steroid dienone is 1. The fourth-order valence-electron chi connectivity index (χ4n) is 1.74. The van der Waals surface area contributed by atoms with Crippen molar-refractivity contribution in [3.63, 3.8) is 0 Å². The van der Waals surface area contributed by atoms with Crippen molar-refractivity contribution in [2.45, 2.75) is 19.4 Å². The van der Waals surface area contributed by atoms with E-state index in [1.54, 1.807) is 7.11 Å². The van der Waals surface area contributed by atoms with Crippen LogP contribution >= 0.6 is 15.9 Å². The summed E-state index contributed by atoms with van der Waals surface area (Å²) < 4.78 is 6.30. The van der Waals surface area contributed by atoms with E-state index < -0.39 is 0 Å². The van der Waals surface area contributed by atoms with E-state index in [2.05, 4.69) is 33.4 Å². The van der Waals surface area contributed by atoms with Crippen molar-refractivity contribution >= 4 is 15.9 Å². The Labute approximate surface area is 118 Å². The molecule has 18 heavy (non-hydrogen) atoms. The topological polar surface area (TPSA) is 47.3 Å². The third-order valence-electron chi connectivity index (χ3n) is 2.75. The van der Waals surface area contributed by atoms with Gasteiger partial charge in [-0.3, -0.25) is 0 Å². The smallest absolute Gasteiger partial charge is 0.119 e. The second kappa shape index (κ2) is 8.29. The van der Waals surface area contributed by atoms with E-state index in [4.69, 9.17) is 10.5 Å². The first-order valence-electron chi connectivity index (χ1n) is 6.11. The molecule has 4 heteroatoms. The molecule has 3 N–H and O–H groups in total. The van der Waals surface area contributed by atoms with E-state index in [0.717, 1.165) is 28.8 Å². The van der Waals surface area contributed by atoms with E-state index >= 15 is 0 Å². The number of hydrogen-bond acceptors (Lipinski definition) is 3. The predicted molar refractivity (Wildman–Crippen MR) is 79.9 cm³/mol. The number of nitrogens with one attached hydrogen (secondary N) is 1. The Kier molecular flexibility index (Phi) is 7.01. The van der Waals surface area contributed by atoms with Crippen LogP contribution in [0.25, 0.3) is 0 Å². The van der Waals surface area contributed by atoms with Crippen LogP contribution in [0.1, 0.15) is 24.9 Å². The molecular formula is C14H21BrN2O. The molecule has 0 heterocycles. The fraction of sp³-hybridized carbons (Fsp3) is 0.429. The standard InChI is InChI=1S/C14H21BrN2O/c1-3-4-5-8-17-14(10-16)12-9-11(18-2)6-7-13(12)15/h3-4,6-7,9,14,17H,5,8,10,16H2,1-2H3/b4-3+. The van der Waals surface area contributed by atoms with Gasteiger partial charge in [-0.1, -0.05) is 28.1 Å². The van der Waals surface area contributed by atoms with Gasteiger partial charge in [-0.05, 0) is 43.7 Å². The van der Waals surface area contributed by atoms with Gasteiger partial charge in [0.2, 0.25) is 0 Å². The van der Waals surface area contributed by atoms with Crippen LogP contribution in [-0.2, 0) is 0 Å². The second-order valence-electron chi connectivity index (χ2n) is 3.99. The average Bonchev–Trinajstić information content (AvgIpc) is 2.40. The van der Waals surface area contributed by atoms with Crippen LogP contribution in [-0.4, -0.2) is 20.2 Å². The molecule has 0 spiro atoms. The van der Waals surface area contributed by atoms with Crippen LogP contribution in [0.4, 0.5) is 0 Å². The Balaban J connectivity index is 2.74. The minimum absolute atomic E-state index is 0.139. The van der Waals surface area contributed by atoms with E-state index in [0.29, 0.717) is 6.54 Å². The zero-order chi connectivity index (χ0) is 13.4. The summed E-state index contributed by atoms with van der Waals surface area (Å²) in [6.45, 7) is 3.50. The summed E-state index contributed by atoms with van der Waals surface area (Å²) in [6, 6.07) is 6.08. The quantitative estimate of drug-likeness (QED) is 0.601. The summed E-state index contributed by atoms with van der Waals surface area (Å²) in [5, 5.41) is 3.45. The maximum atomic E-state index is 5.84. The molecule has 0 saturated carbocycles. The van der Waals surface area contributed by atoms with Crippen molar-refractivity contribution in [3.05, 3.63) is 40.4 Å². The molecule has 1 unspecified atom stereocenters. The van der Waals surface area contributed by atoms with E-state index in [9.17, 15) is 0 Å². The zero-order valence-electron chi connectivity index (χ0n) is 10.9. The first-order valence-corrected chi connectivity index (χ1v) is 6.90. The molecule has 0 aliphatic rings. The molecule has 0 aliphatic heterocycles. The molecule has 1 aromatic carbocycles. The number of nitrogens with two attached hydrogens (primary N) is 1. The first kappa shape index (κ1) is 15.2. The van der Waals surface area contributed by atoms with Gasteiger partial charge < -0.3 is 15.8 Å². The summed E-state index contributed by atoms with van der Waals surface area (Å²) in [5.41, 5.74) is 6.97. The van der Waals surface area contributed by atoms with Gasteiger partial charge in [0.1, 0.15) is 5.75 Å². The van der Waals surface area contributed by atoms with Gasteiger partial charge in [0.25, 0.3) is 0 Å². The van der Waals surface area contributed by atoms with Crippen molar-refractivity contribution in [1.82, 2.24) is 5.32 Å². The largest absolute Gasteiger partial charge is 0.497 e. The van der Waals surface area contributed by atoms with Crippen molar-refractivity contribution in [1.29, 1.82) is 0 Å². The van der Waals surface area contributed by atoms with E-state index in [1.165, 1.54) is 0 Å². The maximum absolute atomic E-state index is 5.84. The van der Waals surface area contributed by atoms with Gasteiger partial charge >= 0.3 is 0 Å². The molecule has 1 atom stereocenters. The molecule has 0 saturated heterocycles. The summed E-state index contributed by atoms with van der Waals surface area (Å²) in [4.78, 5) is 0. The lowest BCUT2D eigenvalue weighted by molar-refractivity contribution is 0.413. The van der Waals surface area contributed by atoms with Gasteiger partial charge in [-0.15, -0.1) is 0 Å².